The molecule has 3 aromatic heterocycles. The lowest BCUT2D eigenvalue weighted by Crippen LogP contribution is -1.95. The largest absolute Gasteiger partial charge is 0.339 e. The Morgan fingerprint density at radius 2 is 1.91 bits per heavy atom. The average Bonchev–Trinajstić information content (AvgIpc) is 2.88. The van der Waals surface area contributed by atoms with E-state index >= 15 is 0 Å². The van der Waals surface area contributed by atoms with Crippen molar-refractivity contribution in [2.24, 2.45) is 0 Å². The second-order valence-electron chi connectivity index (χ2n) is 5.23. The molecule has 0 N–H and O–H groups in total. The zero-order chi connectivity index (χ0) is 15.1. The summed E-state index contributed by atoms with van der Waals surface area (Å²) >= 11 is 6.38. The van der Waals surface area contributed by atoms with Gasteiger partial charge in [0.25, 0.3) is 0 Å². The van der Waals surface area contributed by atoms with Gasteiger partial charge in [-0.3, -0.25) is 9.97 Å². The fraction of sp³-hybridized carbons (Fsp3) is 0.111. The smallest absolute Gasteiger partial charge is 0.0677 e. The van der Waals surface area contributed by atoms with Crippen molar-refractivity contribution in [3.05, 3.63) is 60.1 Å². The summed E-state index contributed by atoms with van der Waals surface area (Å²) in [6, 6.07) is 10.1. The molecule has 22 heavy (non-hydrogen) atoms. The quantitative estimate of drug-likeness (QED) is 0.526. The third kappa shape index (κ3) is 1.90. The van der Waals surface area contributed by atoms with Crippen LogP contribution in [0.1, 0.15) is 6.92 Å². The van der Waals surface area contributed by atoms with E-state index in [1.54, 1.807) is 6.20 Å². The van der Waals surface area contributed by atoms with Crippen LogP contribution in [0.5, 0.6) is 0 Å². The Hall–Kier alpha value is -2.39. The van der Waals surface area contributed by atoms with Gasteiger partial charge in [0.2, 0.25) is 0 Å². The van der Waals surface area contributed by atoms with E-state index in [-0.39, 0.29) is 0 Å². The molecule has 0 atom stereocenters. The van der Waals surface area contributed by atoms with E-state index < -0.39 is 0 Å². The second kappa shape index (κ2) is 5.11. The van der Waals surface area contributed by atoms with Gasteiger partial charge in [-0.15, -0.1) is 0 Å². The van der Waals surface area contributed by atoms with Gasteiger partial charge in [-0.25, -0.2) is 0 Å². The van der Waals surface area contributed by atoms with Crippen molar-refractivity contribution in [3.63, 3.8) is 0 Å². The van der Waals surface area contributed by atoms with Crippen LogP contribution in [0.25, 0.3) is 32.9 Å². The average molecular weight is 308 g/mol. The summed E-state index contributed by atoms with van der Waals surface area (Å²) in [5.74, 6) is 0. The second-order valence-corrected chi connectivity index (χ2v) is 5.66. The monoisotopic (exact) mass is 307 g/mol. The van der Waals surface area contributed by atoms with Crippen molar-refractivity contribution in [3.8, 4) is 11.1 Å². The summed E-state index contributed by atoms with van der Waals surface area (Å²) in [4.78, 5) is 8.52. The number of aryl methyl sites for hydroxylation is 1. The molecule has 0 amide bonds. The lowest BCUT2D eigenvalue weighted by atomic mass is 10.0. The Balaban J connectivity index is 2.22. The topological polar surface area (TPSA) is 30.7 Å². The number of hydrogen-bond acceptors (Lipinski definition) is 2. The Kier molecular flexibility index (Phi) is 3.09. The van der Waals surface area contributed by atoms with E-state index in [1.807, 2.05) is 42.9 Å². The first kappa shape index (κ1) is 13.3. The first-order valence-electron chi connectivity index (χ1n) is 7.25. The highest BCUT2D eigenvalue weighted by Crippen LogP contribution is 2.37. The van der Waals surface area contributed by atoms with Gasteiger partial charge in [0, 0.05) is 52.1 Å². The van der Waals surface area contributed by atoms with Crippen molar-refractivity contribution in [1.82, 2.24) is 14.5 Å². The van der Waals surface area contributed by atoms with E-state index in [4.69, 9.17) is 11.6 Å². The molecule has 0 fully saturated rings. The van der Waals surface area contributed by atoms with Crippen LogP contribution in [0.4, 0.5) is 0 Å². The maximum Gasteiger partial charge on any atom is 0.0677 e. The van der Waals surface area contributed by atoms with Gasteiger partial charge in [-0.1, -0.05) is 17.7 Å². The number of nitrogens with zero attached hydrogens (tertiary/aromatic N) is 3. The Bertz CT molecular complexity index is 974. The third-order valence-corrected chi connectivity index (χ3v) is 4.23. The number of aromatic nitrogens is 3. The highest BCUT2D eigenvalue weighted by molar-refractivity contribution is 6.32. The van der Waals surface area contributed by atoms with Gasteiger partial charge in [-0.05, 0) is 31.2 Å². The molecule has 108 valence electrons. The minimum Gasteiger partial charge on any atom is -0.339 e. The number of hydrogen-bond donors (Lipinski definition) is 0. The molecule has 0 spiro atoms. The number of fused-ring (bicyclic) bond motifs is 3. The SMILES string of the molecule is CCn1c2cnccc2c2cc(Cl)cc(-c3cccnc3)c21. The molecule has 0 radical (unpaired) electrons. The predicted octanol–water partition coefficient (Wildman–Crippen LogP) is 4.92. The lowest BCUT2D eigenvalue weighted by Gasteiger charge is -2.09. The van der Waals surface area contributed by atoms with E-state index in [9.17, 15) is 0 Å². The van der Waals surface area contributed by atoms with Crippen LogP contribution in [-0.2, 0) is 6.54 Å². The molecule has 1 aromatic carbocycles. The van der Waals surface area contributed by atoms with Crippen molar-refractivity contribution in [2.45, 2.75) is 13.5 Å². The molecular weight excluding hydrogens is 294 g/mol. The molecule has 3 heterocycles. The highest BCUT2D eigenvalue weighted by Gasteiger charge is 2.15. The summed E-state index contributed by atoms with van der Waals surface area (Å²) in [5.41, 5.74) is 4.49. The molecule has 0 saturated heterocycles. The standard InChI is InChI=1S/C18H14ClN3/c1-2-22-17-11-21-7-5-14(17)16-9-13(19)8-15(18(16)22)12-4-3-6-20-10-12/h3-11H,2H2,1H3. The van der Waals surface area contributed by atoms with Crippen LogP contribution in [0.15, 0.2) is 55.1 Å². The van der Waals surface area contributed by atoms with Crippen molar-refractivity contribution < 1.29 is 0 Å². The van der Waals surface area contributed by atoms with Crippen LogP contribution in [0.2, 0.25) is 5.02 Å². The van der Waals surface area contributed by atoms with Gasteiger partial charge < -0.3 is 4.57 Å². The van der Waals surface area contributed by atoms with Crippen LogP contribution >= 0.6 is 11.6 Å². The molecule has 0 unspecified atom stereocenters. The Labute approximate surface area is 133 Å². The summed E-state index contributed by atoms with van der Waals surface area (Å²) < 4.78 is 2.29. The van der Waals surface area contributed by atoms with E-state index in [2.05, 4.69) is 27.5 Å². The minimum absolute atomic E-state index is 0.735. The van der Waals surface area contributed by atoms with E-state index in [1.165, 1.54) is 10.9 Å². The van der Waals surface area contributed by atoms with Crippen LogP contribution in [0.3, 0.4) is 0 Å². The van der Waals surface area contributed by atoms with Gasteiger partial charge in [0.05, 0.1) is 17.2 Å². The minimum atomic E-state index is 0.735. The first-order valence-corrected chi connectivity index (χ1v) is 7.63. The van der Waals surface area contributed by atoms with Gasteiger partial charge in [0.1, 0.15) is 0 Å². The number of pyridine rings is 2. The highest BCUT2D eigenvalue weighted by atomic mass is 35.5. The van der Waals surface area contributed by atoms with Crippen molar-refractivity contribution in [1.29, 1.82) is 0 Å². The molecule has 4 rings (SSSR count). The summed E-state index contributed by atoms with van der Waals surface area (Å²) in [5, 5.41) is 3.07. The fourth-order valence-corrected chi connectivity index (χ4v) is 3.33. The van der Waals surface area contributed by atoms with Crippen LogP contribution in [0, 0.1) is 0 Å². The number of rotatable bonds is 2. The molecule has 0 saturated carbocycles. The number of benzene rings is 1. The lowest BCUT2D eigenvalue weighted by molar-refractivity contribution is 0.826. The Morgan fingerprint density at radius 3 is 2.68 bits per heavy atom. The normalized spacial score (nSPS) is 11.4. The van der Waals surface area contributed by atoms with Gasteiger partial charge >= 0.3 is 0 Å². The first-order chi connectivity index (χ1) is 10.8. The maximum absolute atomic E-state index is 6.38. The molecule has 4 aromatic rings. The Morgan fingerprint density at radius 1 is 1.05 bits per heavy atom. The maximum atomic E-state index is 6.38. The molecule has 3 nitrogen and oxygen atoms in total. The summed E-state index contributed by atoms with van der Waals surface area (Å²) in [6.07, 6.45) is 7.40. The van der Waals surface area contributed by atoms with Crippen LogP contribution < -0.4 is 0 Å². The number of halogens is 1. The van der Waals surface area contributed by atoms with Gasteiger partial charge in [0.15, 0.2) is 0 Å². The predicted molar refractivity (Wildman–Crippen MR) is 91.2 cm³/mol. The molecule has 0 aliphatic heterocycles. The molecular formula is C18H14ClN3. The summed E-state index contributed by atoms with van der Waals surface area (Å²) in [6.45, 7) is 3.02. The molecule has 0 bridgehead atoms. The molecule has 4 heteroatoms. The van der Waals surface area contributed by atoms with E-state index in [0.29, 0.717) is 0 Å². The molecule has 0 aliphatic carbocycles. The fourth-order valence-electron chi connectivity index (χ4n) is 3.12. The van der Waals surface area contributed by atoms with E-state index in [0.717, 1.165) is 33.6 Å². The zero-order valence-corrected chi connectivity index (χ0v) is 12.9. The zero-order valence-electron chi connectivity index (χ0n) is 12.1. The van der Waals surface area contributed by atoms with Crippen LogP contribution in [-0.4, -0.2) is 14.5 Å². The van der Waals surface area contributed by atoms with Crippen molar-refractivity contribution in [2.75, 3.05) is 0 Å². The van der Waals surface area contributed by atoms with Gasteiger partial charge in [-0.2, -0.15) is 0 Å². The third-order valence-electron chi connectivity index (χ3n) is 4.01. The van der Waals surface area contributed by atoms with Crippen molar-refractivity contribution >= 4 is 33.4 Å². The molecule has 0 aliphatic rings. The summed E-state index contributed by atoms with van der Waals surface area (Å²) in [7, 11) is 0.